The standard InChI is InChI=1S/C29H31BrN4O4/c30-23-6-4-22(5-7-23)28(37)29(38)34-25-17-20(2-1-19-9-13-31-14-10-19)3-8-24(25)27(32-34)21-11-15-33(16-12-21)18-26(35)36/h1-8,17,19,21,31H,9-16,18H2,(H,35,36). The molecule has 2 aliphatic heterocycles. The Hall–Kier alpha value is -3.14. The number of likely N-dealkylation sites (tertiary alicyclic amines) is 1. The van der Waals surface area contributed by atoms with Gasteiger partial charge in [-0.15, -0.1) is 0 Å². The lowest BCUT2D eigenvalue weighted by molar-refractivity contribution is -0.138. The molecule has 0 saturated carbocycles. The highest BCUT2D eigenvalue weighted by molar-refractivity contribution is 9.10. The van der Waals surface area contributed by atoms with Crippen LogP contribution in [0.4, 0.5) is 0 Å². The number of rotatable bonds is 7. The molecule has 2 N–H and O–H groups in total. The van der Waals surface area contributed by atoms with Gasteiger partial charge in [0.25, 0.3) is 5.78 Å². The van der Waals surface area contributed by atoms with Crippen molar-refractivity contribution in [2.24, 2.45) is 5.92 Å². The molecule has 0 spiro atoms. The summed E-state index contributed by atoms with van der Waals surface area (Å²) in [5.74, 6) is -1.54. The molecule has 9 heteroatoms. The van der Waals surface area contributed by atoms with Crippen LogP contribution in [0, 0.1) is 5.92 Å². The average molecular weight is 579 g/mol. The van der Waals surface area contributed by atoms with Crippen LogP contribution < -0.4 is 5.32 Å². The van der Waals surface area contributed by atoms with Crippen molar-refractivity contribution < 1.29 is 19.5 Å². The van der Waals surface area contributed by atoms with E-state index in [4.69, 9.17) is 10.2 Å². The maximum atomic E-state index is 13.5. The first-order valence-corrected chi connectivity index (χ1v) is 13.9. The third-order valence-corrected chi connectivity index (χ3v) is 8.03. The Morgan fingerprint density at radius 1 is 1.03 bits per heavy atom. The molecule has 2 fully saturated rings. The SMILES string of the molecule is O=C(O)CN1CCC(c2nn(C(=O)C(=O)c3ccc(Br)cc3)c3cc(C=CC4CCNCC4)ccc23)CC1. The van der Waals surface area contributed by atoms with Gasteiger partial charge in [-0.1, -0.05) is 40.2 Å². The first kappa shape index (κ1) is 26.5. The first-order chi connectivity index (χ1) is 18.4. The molecule has 0 unspecified atom stereocenters. The summed E-state index contributed by atoms with van der Waals surface area (Å²) in [6.45, 7) is 3.35. The van der Waals surface area contributed by atoms with Crippen LogP contribution in [-0.4, -0.2) is 70.2 Å². The van der Waals surface area contributed by atoms with Crippen LogP contribution in [0.15, 0.2) is 53.0 Å². The van der Waals surface area contributed by atoms with E-state index in [2.05, 4.69) is 33.4 Å². The number of halogens is 1. The van der Waals surface area contributed by atoms with E-state index in [0.29, 0.717) is 30.1 Å². The van der Waals surface area contributed by atoms with Crippen LogP contribution in [-0.2, 0) is 4.79 Å². The topological polar surface area (TPSA) is 105 Å². The molecule has 3 heterocycles. The van der Waals surface area contributed by atoms with Crippen LogP contribution in [0.5, 0.6) is 0 Å². The van der Waals surface area contributed by atoms with Gasteiger partial charge in [0.15, 0.2) is 0 Å². The van der Waals surface area contributed by atoms with Crippen molar-refractivity contribution in [2.75, 3.05) is 32.7 Å². The van der Waals surface area contributed by atoms with Crippen LogP contribution in [0.1, 0.15) is 58.0 Å². The van der Waals surface area contributed by atoms with E-state index in [9.17, 15) is 14.4 Å². The minimum absolute atomic E-state index is 0.0227. The summed E-state index contributed by atoms with van der Waals surface area (Å²) in [5.41, 5.74) is 2.69. The zero-order valence-electron chi connectivity index (χ0n) is 21.1. The minimum atomic E-state index is -0.833. The Balaban J connectivity index is 1.48. The lowest BCUT2D eigenvalue weighted by atomic mass is 9.91. The van der Waals surface area contributed by atoms with Crippen molar-refractivity contribution in [3.05, 3.63) is 69.8 Å². The Morgan fingerprint density at radius 2 is 1.74 bits per heavy atom. The lowest BCUT2D eigenvalue weighted by Crippen LogP contribution is -2.36. The fraction of sp³-hybridized carbons (Fsp3) is 0.379. The molecule has 198 valence electrons. The number of allylic oxidation sites excluding steroid dienone is 1. The number of benzene rings is 2. The number of Topliss-reactive ketones (excluding diaryl/α,β-unsaturated/α-hetero) is 1. The van der Waals surface area contributed by atoms with Gasteiger partial charge in [-0.2, -0.15) is 9.78 Å². The lowest BCUT2D eigenvalue weighted by Gasteiger charge is -2.30. The molecular formula is C29H31BrN4O4. The van der Waals surface area contributed by atoms with Gasteiger partial charge in [0.2, 0.25) is 0 Å². The molecule has 8 nitrogen and oxygen atoms in total. The fourth-order valence-electron chi connectivity index (χ4n) is 5.38. The molecule has 2 saturated heterocycles. The molecule has 0 bridgehead atoms. The van der Waals surface area contributed by atoms with Crippen molar-refractivity contribution >= 4 is 50.6 Å². The third-order valence-electron chi connectivity index (χ3n) is 7.50. The maximum Gasteiger partial charge on any atom is 0.319 e. The highest BCUT2D eigenvalue weighted by atomic mass is 79.9. The van der Waals surface area contributed by atoms with E-state index in [0.717, 1.165) is 59.9 Å². The van der Waals surface area contributed by atoms with E-state index in [1.165, 1.54) is 4.68 Å². The van der Waals surface area contributed by atoms with Crippen molar-refractivity contribution in [3.63, 3.8) is 0 Å². The van der Waals surface area contributed by atoms with E-state index in [-0.39, 0.29) is 12.5 Å². The van der Waals surface area contributed by atoms with E-state index >= 15 is 0 Å². The van der Waals surface area contributed by atoms with Crippen molar-refractivity contribution in [3.8, 4) is 0 Å². The summed E-state index contributed by atoms with van der Waals surface area (Å²) in [5, 5.41) is 18.1. The van der Waals surface area contributed by atoms with Crippen LogP contribution >= 0.6 is 15.9 Å². The minimum Gasteiger partial charge on any atom is -0.480 e. The number of ketones is 1. The second-order valence-electron chi connectivity index (χ2n) is 10.1. The zero-order valence-corrected chi connectivity index (χ0v) is 22.7. The smallest absolute Gasteiger partial charge is 0.319 e. The number of aliphatic carboxylic acids is 1. The van der Waals surface area contributed by atoms with Crippen molar-refractivity contribution in [1.82, 2.24) is 20.0 Å². The highest BCUT2D eigenvalue weighted by Gasteiger charge is 2.29. The number of carboxylic acid groups (broad SMARTS) is 1. The first-order valence-electron chi connectivity index (χ1n) is 13.1. The number of piperidine rings is 2. The summed E-state index contributed by atoms with van der Waals surface area (Å²) >= 11 is 3.37. The van der Waals surface area contributed by atoms with Crippen LogP contribution in [0.2, 0.25) is 0 Å². The monoisotopic (exact) mass is 578 g/mol. The largest absolute Gasteiger partial charge is 0.480 e. The average Bonchev–Trinajstić information content (AvgIpc) is 3.31. The summed E-state index contributed by atoms with van der Waals surface area (Å²) in [6.07, 6.45) is 8.01. The number of nitrogens with zero attached hydrogens (tertiary/aromatic N) is 3. The quantitative estimate of drug-likeness (QED) is 0.312. The Morgan fingerprint density at radius 3 is 2.42 bits per heavy atom. The fourth-order valence-corrected chi connectivity index (χ4v) is 5.64. The van der Waals surface area contributed by atoms with Gasteiger partial charge in [0.1, 0.15) is 0 Å². The Labute approximate surface area is 229 Å². The molecule has 2 aromatic carbocycles. The number of fused-ring (bicyclic) bond motifs is 1. The maximum absolute atomic E-state index is 13.5. The number of aromatic nitrogens is 2. The predicted molar refractivity (Wildman–Crippen MR) is 150 cm³/mol. The molecule has 2 aliphatic rings. The number of carbonyl (C=O) groups excluding carboxylic acids is 2. The van der Waals surface area contributed by atoms with Gasteiger partial charge >= 0.3 is 11.9 Å². The predicted octanol–water partition coefficient (Wildman–Crippen LogP) is 4.60. The Kier molecular flexibility index (Phi) is 8.16. The zero-order chi connectivity index (χ0) is 26.6. The van der Waals surface area contributed by atoms with Crippen molar-refractivity contribution in [2.45, 2.75) is 31.6 Å². The number of carboxylic acids is 1. The molecule has 0 amide bonds. The highest BCUT2D eigenvalue weighted by Crippen LogP contribution is 2.33. The van der Waals surface area contributed by atoms with Crippen LogP contribution in [0.25, 0.3) is 17.0 Å². The molecule has 5 rings (SSSR count). The van der Waals surface area contributed by atoms with Crippen molar-refractivity contribution in [1.29, 1.82) is 0 Å². The van der Waals surface area contributed by atoms with Gasteiger partial charge in [-0.25, -0.2) is 0 Å². The Bertz CT molecular complexity index is 1370. The second-order valence-corrected chi connectivity index (χ2v) is 11.0. The summed E-state index contributed by atoms with van der Waals surface area (Å²) in [4.78, 5) is 39.7. The van der Waals surface area contributed by atoms with Crippen LogP contribution in [0.3, 0.4) is 0 Å². The van der Waals surface area contributed by atoms with E-state index in [1.54, 1.807) is 24.3 Å². The summed E-state index contributed by atoms with van der Waals surface area (Å²) in [7, 11) is 0. The molecule has 0 radical (unpaired) electrons. The molecule has 38 heavy (non-hydrogen) atoms. The summed E-state index contributed by atoms with van der Waals surface area (Å²) < 4.78 is 2.09. The number of hydrogen-bond acceptors (Lipinski definition) is 6. The normalized spacial score (nSPS) is 17.8. The molecule has 1 aromatic heterocycles. The van der Waals surface area contributed by atoms with Gasteiger partial charge in [0, 0.05) is 21.3 Å². The second kappa shape index (κ2) is 11.7. The number of carbonyl (C=O) groups is 3. The van der Waals surface area contributed by atoms with Gasteiger partial charge in [0.05, 0.1) is 17.8 Å². The molecule has 3 aromatic rings. The summed E-state index contributed by atoms with van der Waals surface area (Å²) in [6, 6.07) is 12.7. The van der Waals surface area contributed by atoms with E-state index in [1.807, 2.05) is 23.1 Å². The molecule has 0 aliphatic carbocycles. The number of hydrogen-bond donors (Lipinski definition) is 2. The van der Waals surface area contributed by atoms with Gasteiger partial charge in [-0.05, 0) is 93.7 Å². The van der Waals surface area contributed by atoms with Gasteiger partial charge in [-0.3, -0.25) is 19.3 Å². The molecular weight excluding hydrogens is 548 g/mol. The van der Waals surface area contributed by atoms with E-state index < -0.39 is 17.7 Å². The van der Waals surface area contributed by atoms with Gasteiger partial charge < -0.3 is 10.4 Å². The molecule has 0 atom stereocenters. The number of nitrogens with one attached hydrogen (secondary N) is 1. The third kappa shape index (κ3) is 5.95.